The van der Waals surface area contributed by atoms with Crippen LogP contribution in [0.15, 0.2) is 29.1 Å². The molecular weight excluding hydrogens is 384 g/mol. The number of H-pyrrole nitrogens is 1. The quantitative estimate of drug-likeness (QED) is 0.830. The molecule has 8 nitrogen and oxygen atoms in total. The van der Waals surface area contributed by atoms with Crippen LogP contribution in [0.1, 0.15) is 52.8 Å². The molecule has 2 aromatic rings. The second kappa shape index (κ2) is 8.85. The van der Waals surface area contributed by atoms with E-state index in [0.717, 1.165) is 12.8 Å². The van der Waals surface area contributed by atoms with Gasteiger partial charge in [0.25, 0.3) is 5.56 Å². The number of carbonyl (C=O) groups excluding carboxylic acids is 2. The zero-order valence-electron chi connectivity index (χ0n) is 18.1. The van der Waals surface area contributed by atoms with Crippen LogP contribution in [0, 0.1) is 0 Å². The smallest absolute Gasteiger partial charge is 0.410 e. The number of nitrogens with one attached hydrogen (secondary N) is 1. The molecule has 1 aliphatic heterocycles. The van der Waals surface area contributed by atoms with Gasteiger partial charge < -0.3 is 14.6 Å². The third-order valence-corrected chi connectivity index (χ3v) is 5.11. The molecule has 1 aromatic heterocycles. The summed E-state index contributed by atoms with van der Waals surface area (Å²) in [5.41, 5.74) is -0.263. The number of likely N-dealkylation sites (N-methyl/N-ethyl adjacent to an activating group) is 1. The van der Waals surface area contributed by atoms with Crippen LogP contribution in [-0.4, -0.2) is 56.5 Å². The number of ether oxygens (including phenoxy) is 1. The third-order valence-electron chi connectivity index (χ3n) is 5.11. The number of piperidine rings is 1. The topological polar surface area (TPSA) is 95.6 Å². The molecule has 0 radical (unpaired) electrons. The van der Waals surface area contributed by atoms with Crippen molar-refractivity contribution in [3.8, 4) is 0 Å². The van der Waals surface area contributed by atoms with Gasteiger partial charge in [0.05, 0.1) is 17.4 Å². The van der Waals surface area contributed by atoms with E-state index in [1.165, 1.54) is 4.90 Å². The van der Waals surface area contributed by atoms with Crippen molar-refractivity contribution in [2.75, 3.05) is 13.1 Å². The van der Waals surface area contributed by atoms with Gasteiger partial charge in [0.2, 0.25) is 5.91 Å². The molecule has 1 N–H and O–H groups in total. The lowest BCUT2D eigenvalue weighted by Crippen LogP contribution is -2.54. The van der Waals surface area contributed by atoms with Gasteiger partial charge in [0, 0.05) is 13.1 Å². The Labute approximate surface area is 176 Å². The predicted octanol–water partition coefficient (Wildman–Crippen LogP) is 3.06. The van der Waals surface area contributed by atoms with Crippen molar-refractivity contribution in [2.24, 2.45) is 0 Å². The SMILES string of the molecule is CCN(Cc1nc2ccccc2c(=O)[nH]1)C(=O)C1CCCCN1C(=O)OC(C)(C)C. The van der Waals surface area contributed by atoms with Crippen molar-refractivity contribution >= 4 is 22.9 Å². The molecule has 1 unspecified atom stereocenters. The first kappa shape index (κ1) is 21.8. The average molecular weight is 415 g/mol. The van der Waals surface area contributed by atoms with E-state index in [-0.39, 0.29) is 18.0 Å². The molecule has 2 amide bonds. The lowest BCUT2D eigenvalue weighted by Gasteiger charge is -2.38. The summed E-state index contributed by atoms with van der Waals surface area (Å²) in [6.07, 6.45) is 1.84. The fourth-order valence-electron chi connectivity index (χ4n) is 3.67. The number of rotatable bonds is 4. The second-order valence-electron chi connectivity index (χ2n) is 8.57. The second-order valence-corrected chi connectivity index (χ2v) is 8.57. The van der Waals surface area contributed by atoms with Crippen LogP contribution in [0.4, 0.5) is 4.79 Å². The number of carbonyl (C=O) groups is 2. The van der Waals surface area contributed by atoms with E-state index in [9.17, 15) is 14.4 Å². The van der Waals surface area contributed by atoms with E-state index in [1.54, 1.807) is 23.1 Å². The summed E-state index contributed by atoms with van der Waals surface area (Å²) in [7, 11) is 0. The largest absolute Gasteiger partial charge is 0.444 e. The van der Waals surface area contributed by atoms with Crippen molar-refractivity contribution in [2.45, 2.75) is 65.1 Å². The Kier molecular flexibility index (Phi) is 6.43. The number of aromatic nitrogens is 2. The number of nitrogens with zero attached hydrogens (tertiary/aromatic N) is 3. The van der Waals surface area contributed by atoms with Crippen LogP contribution in [0.3, 0.4) is 0 Å². The van der Waals surface area contributed by atoms with Crippen molar-refractivity contribution in [3.63, 3.8) is 0 Å². The molecule has 0 aliphatic carbocycles. The Bertz CT molecular complexity index is 979. The molecule has 1 fully saturated rings. The maximum atomic E-state index is 13.3. The van der Waals surface area contributed by atoms with E-state index in [0.29, 0.717) is 36.2 Å². The molecular formula is C22H30N4O4. The maximum absolute atomic E-state index is 13.3. The van der Waals surface area contributed by atoms with Crippen LogP contribution in [0.5, 0.6) is 0 Å². The van der Waals surface area contributed by atoms with Gasteiger partial charge in [0.1, 0.15) is 17.5 Å². The standard InChI is InChI=1S/C22H30N4O4/c1-5-25(14-18-23-16-11-7-6-10-15(16)19(27)24-18)20(28)17-12-8-9-13-26(17)21(29)30-22(2,3)4/h6-7,10-11,17H,5,8-9,12-14H2,1-4H3,(H,23,24,27). The highest BCUT2D eigenvalue weighted by Crippen LogP contribution is 2.22. The van der Waals surface area contributed by atoms with E-state index in [4.69, 9.17) is 4.74 Å². The van der Waals surface area contributed by atoms with Crippen LogP contribution in [0.2, 0.25) is 0 Å². The number of hydrogen-bond donors (Lipinski definition) is 1. The minimum atomic E-state index is -0.624. The molecule has 0 saturated carbocycles. The Morgan fingerprint density at radius 1 is 1.27 bits per heavy atom. The molecule has 1 aromatic carbocycles. The Hall–Kier alpha value is -2.90. The van der Waals surface area contributed by atoms with Crippen LogP contribution in [-0.2, 0) is 16.1 Å². The van der Waals surface area contributed by atoms with Crippen LogP contribution in [0.25, 0.3) is 10.9 Å². The summed E-state index contributed by atoms with van der Waals surface area (Å²) in [6.45, 7) is 8.41. The number of aromatic amines is 1. The number of fused-ring (bicyclic) bond motifs is 1. The van der Waals surface area contributed by atoms with Gasteiger partial charge in [0.15, 0.2) is 0 Å². The summed E-state index contributed by atoms with van der Waals surface area (Å²) in [5.74, 6) is 0.271. The molecule has 1 aliphatic rings. The average Bonchev–Trinajstić information content (AvgIpc) is 2.70. The van der Waals surface area contributed by atoms with Crippen LogP contribution >= 0.6 is 0 Å². The third kappa shape index (κ3) is 4.98. The summed E-state index contributed by atoms with van der Waals surface area (Å²) >= 11 is 0. The minimum absolute atomic E-state index is 0.154. The lowest BCUT2D eigenvalue weighted by molar-refractivity contribution is -0.138. The maximum Gasteiger partial charge on any atom is 0.410 e. The summed E-state index contributed by atoms with van der Waals surface area (Å²) in [5, 5.41) is 0.513. The lowest BCUT2D eigenvalue weighted by atomic mass is 10.0. The molecule has 1 saturated heterocycles. The van der Waals surface area contributed by atoms with Gasteiger partial charge in [-0.05, 0) is 59.1 Å². The fraction of sp³-hybridized carbons (Fsp3) is 0.545. The van der Waals surface area contributed by atoms with Crippen molar-refractivity contribution in [1.82, 2.24) is 19.8 Å². The van der Waals surface area contributed by atoms with Gasteiger partial charge in [-0.1, -0.05) is 12.1 Å². The summed E-state index contributed by atoms with van der Waals surface area (Å²) < 4.78 is 5.51. The molecule has 3 rings (SSSR count). The molecule has 2 heterocycles. The molecule has 1 atom stereocenters. The normalized spacial score (nSPS) is 17.1. The van der Waals surface area contributed by atoms with Crippen molar-refractivity contribution < 1.29 is 14.3 Å². The molecule has 0 spiro atoms. The van der Waals surface area contributed by atoms with Gasteiger partial charge in [-0.2, -0.15) is 0 Å². The summed E-state index contributed by atoms with van der Waals surface area (Å²) in [4.78, 5) is 48.8. The number of likely N-dealkylation sites (tertiary alicyclic amines) is 1. The first-order valence-electron chi connectivity index (χ1n) is 10.5. The van der Waals surface area contributed by atoms with Gasteiger partial charge in [-0.25, -0.2) is 9.78 Å². The zero-order chi connectivity index (χ0) is 21.9. The van der Waals surface area contributed by atoms with E-state index in [2.05, 4.69) is 9.97 Å². The highest BCUT2D eigenvalue weighted by Gasteiger charge is 2.36. The highest BCUT2D eigenvalue weighted by atomic mass is 16.6. The molecule has 162 valence electrons. The van der Waals surface area contributed by atoms with Gasteiger partial charge in [-0.15, -0.1) is 0 Å². The monoisotopic (exact) mass is 414 g/mol. The number of amides is 2. The summed E-state index contributed by atoms with van der Waals surface area (Å²) in [6, 6.07) is 6.53. The van der Waals surface area contributed by atoms with Crippen molar-refractivity contribution in [1.29, 1.82) is 0 Å². The van der Waals surface area contributed by atoms with Crippen molar-refractivity contribution in [3.05, 3.63) is 40.4 Å². The molecule has 8 heteroatoms. The Morgan fingerprint density at radius 2 is 2.00 bits per heavy atom. The Balaban J connectivity index is 1.80. The zero-order valence-corrected chi connectivity index (χ0v) is 18.1. The number of para-hydroxylation sites is 1. The van der Waals surface area contributed by atoms with Crippen LogP contribution < -0.4 is 5.56 Å². The molecule has 0 bridgehead atoms. The first-order chi connectivity index (χ1) is 14.2. The number of hydrogen-bond acceptors (Lipinski definition) is 5. The van der Waals surface area contributed by atoms with E-state index >= 15 is 0 Å². The minimum Gasteiger partial charge on any atom is -0.444 e. The highest BCUT2D eigenvalue weighted by molar-refractivity contribution is 5.86. The van der Waals surface area contributed by atoms with E-state index in [1.807, 2.05) is 33.8 Å². The fourth-order valence-corrected chi connectivity index (χ4v) is 3.67. The Morgan fingerprint density at radius 3 is 2.70 bits per heavy atom. The molecule has 30 heavy (non-hydrogen) atoms. The van der Waals surface area contributed by atoms with E-state index < -0.39 is 17.7 Å². The number of benzene rings is 1. The van der Waals surface area contributed by atoms with Gasteiger partial charge in [-0.3, -0.25) is 14.5 Å². The van der Waals surface area contributed by atoms with Gasteiger partial charge >= 0.3 is 6.09 Å². The first-order valence-corrected chi connectivity index (χ1v) is 10.5. The predicted molar refractivity (Wildman–Crippen MR) is 114 cm³/mol.